The summed E-state index contributed by atoms with van der Waals surface area (Å²) in [7, 11) is -3.99. The Hall–Kier alpha value is -2.47. The van der Waals surface area contributed by atoms with Crippen LogP contribution in [-0.2, 0) is 26.1 Å². The molecule has 11 heteroatoms. The summed E-state index contributed by atoms with van der Waals surface area (Å²) in [6.45, 7) is 3.37. The molecule has 0 spiro atoms. The molecule has 33 heavy (non-hydrogen) atoms. The lowest BCUT2D eigenvalue weighted by atomic mass is 10.2. The van der Waals surface area contributed by atoms with Crippen molar-refractivity contribution < 1.29 is 26.7 Å². The van der Waals surface area contributed by atoms with Gasteiger partial charge in [-0.15, -0.1) is 0 Å². The fourth-order valence-electron chi connectivity index (χ4n) is 3.83. The van der Waals surface area contributed by atoms with E-state index >= 15 is 0 Å². The van der Waals surface area contributed by atoms with Crippen molar-refractivity contribution in [1.29, 1.82) is 0 Å². The van der Waals surface area contributed by atoms with E-state index < -0.39 is 33.6 Å². The summed E-state index contributed by atoms with van der Waals surface area (Å²) in [6, 6.07) is 7.89. The highest BCUT2D eigenvalue weighted by Gasteiger charge is 2.39. The van der Waals surface area contributed by atoms with Crippen LogP contribution in [-0.4, -0.2) is 49.0 Å². The Labute approximate surface area is 194 Å². The highest BCUT2D eigenvalue weighted by molar-refractivity contribution is 7.89. The second-order valence-electron chi connectivity index (χ2n) is 7.52. The van der Waals surface area contributed by atoms with Gasteiger partial charge in [-0.1, -0.05) is 11.3 Å². The maximum absolute atomic E-state index is 13.7. The topological polar surface area (TPSA) is 81.0 Å². The molecule has 0 radical (unpaired) electrons. The summed E-state index contributed by atoms with van der Waals surface area (Å²) in [5.41, 5.74) is 0.717. The van der Waals surface area contributed by atoms with Gasteiger partial charge in [-0.05, 0) is 62.2 Å². The standard InChI is InChI=1S/C22H23F2N3O4S2/c1-2-31-13-12-26-18-10-7-16(24)14-20(18)32-22(26)25-21(28)19-4-3-11-27(19)33(29,30)17-8-5-15(23)6-9-17/h5-10,14,19H,2-4,11-13H2,1H3. The minimum atomic E-state index is -3.99. The Bertz CT molecular complexity index is 1330. The first kappa shape index (κ1) is 23.7. The number of carbonyl (C=O) groups excluding carboxylic acids is 1. The molecular formula is C22H23F2N3O4S2. The Morgan fingerprint density at radius 1 is 1.18 bits per heavy atom. The van der Waals surface area contributed by atoms with Crippen molar-refractivity contribution in [2.75, 3.05) is 19.8 Å². The fourth-order valence-corrected chi connectivity index (χ4v) is 6.57. The third kappa shape index (κ3) is 4.91. The summed E-state index contributed by atoms with van der Waals surface area (Å²) in [5, 5.41) is 0. The number of fused-ring (bicyclic) bond motifs is 1. The van der Waals surface area contributed by atoms with Gasteiger partial charge < -0.3 is 9.30 Å². The number of carbonyl (C=O) groups is 1. The van der Waals surface area contributed by atoms with Crippen LogP contribution >= 0.6 is 11.3 Å². The zero-order valence-corrected chi connectivity index (χ0v) is 19.5. The number of thiazole rings is 1. The van der Waals surface area contributed by atoms with Crippen molar-refractivity contribution in [1.82, 2.24) is 8.87 Å². The largest absolute Gasteiger partial charge is 0.380 e. The number of benzene rings is 2. The van der Waals surface area contributed by atoms with Crippen molar-refractivity contribution in [2.24, 2.45) is 4.99 Å². The number of amides is 1. The van der Waals surface area contributed by atoms with Crippen molar-refractivity contribution in [3.05, 3.63) is 58.9 Å². The van der Waals surface area contributed by atoms with Crippen molar-refractivity contribution in [3.8, 4) is 0 Å². The molecule has 1 aromatic heterocycles. The first-order valence-electron chi connectivity index (χ1n) is 10.5. The van der Waals surface area contributed by atoms with Crippen LogP contribution in [0.25, 0.3) is 10.2 Å². The van der Waals surface area contributed by atoms with Crippen LogP contribution in [0.3, 0.4) is 0 Å². The summed E-state index contributed by atoms with van der Waals surface area (Å²) >= 11 is 1.16. The van der Waals surface area contributed by atoms with Gasteiger partial charge in [0.1, 0.15) is 17.7 Å². The predicted octanol–water partition coefficient (Wildman–Crippen LogP) is 3.30. The van der Waals surface area contributed by atoms with E-state index in [2.05, 4.69) is 4.99 Å². The van der Waals surface area contributed by atoms with Crippen molar-refractivity contribution >= 4 is 37.5 Å². The maximum Gasteiger partial charge on any atom is 0.266 e. The third-order valence-electron chi connectivity index (χ3n) is 5.42. The number of nitrogens with zero attached hydrogens (tertiary/aromatic N) is 3. The Morgan fingerprint density at radius 2 is 1.91 bits per heavy atom. The second-order valence-corrected chi connectivity index (χ2v) is 10.4. The van der Waals surface area contributed by atoms with Crippen LogP contribution in [0.15, 0.2) is 52.4 Å². The summed E-state index contributed by atoms with van der Waals surface area (Å²) in [5.74, 6) is -1.53. The number of sulfonamides is 1. The lowest BCUT2D eigenvalue weighted by molar-refractivity contribution is -0.121. The van der Waals surface area contributed by atoms with Gasteiger partial charge in [-0.2, -0.15) is 9.30 Å². The molecule has 1 atom stereocenters. The first-order chi connectivity index (χ1) is 15.8. The molecule has 3 aromatic rings. The van der Waals surface area contributed by atoms with E-state index in [1.807, 2.05) is 6.92 Å². The molecule has 0 saturated carbocycles. The molecule has 2 heterocycles. The van der Waals surface area contributed by atoms with Crippen LogP contribution in [0.5, 0.6) is 0 Å². The van der Waals surface area contributed by atoms with Crippen LogP contribution in [0.2, 0.25) is 0 Å². The van der Waals surface area contributed by atoms with Crippen LogP contribution < -0.4 is 4.80 Å². The number of hydrogen-bond acceptors (Lipinski definition) is 5. The summed E-state index contributed by atoms with van der Waals surface area (Å²) in [4.78, 5) is 17.7. The van der Waals surface area contributed by atoms with E-state index in [1.54, 1.807) is 10.6 Å². The second kappa shape index (κ2) is 9.80. The van der Waals surface area contributed by atoms with E-state index in [9.17, 15) is 22.0 Å². The number of halogens is 2. The van der Waals surface area contributed by atoms with Gasteiger partial charge in [-0.3, -0.25) is 4.79 Å². The summed E-state index contributed by atoms with van der Waals surface area (Å²) < 4.78 is 62.1. The molecule has 0 N–H and O–H groups in total. The van der Waals surface area contributed by atoms with E-state index in [0.29, 0.717) is 42.1 Å². The number of ether oxygens (including phenoxy) is 1. The van der Waals surface area contributed by atoms with E-state index in [0.717, 1.165) is 33.3 Å². The smallest absolute Gasteiger partial charge is 0.266 e. The van der Waals surface area contributed by atoms with Gasteiger partial charge in [0.05, 0.1) is 21.7 Å². The molecule has 2 aromatic carbocycles. The van der Waals surface area contributed by atoms with Crippen LogP contribution in [0.4, 0.5) is 8.78 Å². The monoisotopic (exact) mass is 495 g/mol. The molecule has 0 bridgehead atoms. The molecule has 1 saturated heterocycles. The van der Waals surface area contributed by atoms with Gasteiger partial charge in [0.25, 0.3) is 5.91 Å². The molecule has 1 unspecified atom stereocenters. The Morgan fingerprint density at radius 3 is 2.64 bits per heavy atom. The number of rotatable bonds is 7. The SMILES string of the molecule is CCOCCn1c(=NC(=O)C2CCCN2S(=O)(=O)c2ccc(F)cc2)sc2cc(F)ccc21. The van der Waals surface area contributed by atoms with Crippen LogP contribution in [0, 0.1) is 11.6 Å². The van der Waals surface area contributed by atoms with Crippen LogP contribution in [0.1, 0.15) is 19.8 Å². The molecule has 0 aliphatic carbocycles. The fraction of sp³-hybridized carbons (Fsp3) is 0.364. The first-order valence-corrected chi connectivity index (χ1v) is 12.8. The Balaban J connectivity index is 1.69. The Kier molecular flexibility index (Phi) is 7.03. The lowest BCUT2D eigenvalue weighted by Crippen LogP contribution is -2.40. The van der Waals surface area contributed by atoms with E-state index in [-0.39, 0.29) is 11.4 Å². The van der Waals surface area contributed by atoms with E-state index in [4.69, 9.17) is 4.74 Å². The predicted molar refractivity (Wildman–Crippen MR) is 120 cm³/mol. The molecule has 7 nitrogen and oxygen atoms in total. The van der Waals surface area contributed by atoms with Gasteiger partial charge in [0.15, 0.2) is 4.80 Å². The molecule has 176 valence electrons. The zero-order chi connectivity index (χ0) is 23.6. The quantitative estimate of drug-likeness (QED) is 0.471. The molecule has 1 fully saturated rings. The normalized spacial score (nSPS) is 17.8. The minimum Gasteiger partial charge on any atom is -0.380 e. The number of aromatic nitrogens is 1. The lowest BCUT2D eigenvalue weighted by Gasteiger charge is -2.21. The van der Waals surface area contributed by atoms with E-state index in [1.165, 1.54) is 24.3 Å². The van der Waals surface area contributed by atoms with Crippen molar-refractivity contribution in [2.45, 2.75) is 37.2 Å². The highest BCUT2D eigenvalue weighted by Crippen LogP contribution is 2.27. The van der Waals surface area contributed by atoms with Gasteiger partial charge >= 0.3 is 0 Å². The van der Waals surface area contributed by atoms with Gasteiger partial charge in [0, 0.05) is 19.7 Å². The number of hydrogen-bond donors (Lipinski definition) is 0. The minimum absolute atomic E-state index is 0.0762. The zero-order valence-electron chi connectivity index (χ0n) is 17.9. The third-order valence-corrected chi connectivity index (χ3v) is 8.39. The molecule has 1 amide bonds. The maximum atomic E-state index is 13.7. The average molecular weight is 496 g/mol. The summed E-state index contributed by atoms with van der Waals surface area (Å²) in [6.07, 6.45) is 0.843. The molecule has 1 aliphatic rings. The average Bonchev–Trinajstić information content (AvgIpc) is 3.40. The van der Waals surface area contributed by atoms with Crippen molar-refractivity contribution in [3.63, 3.8) is 0 Å². The molecule has 4 rings (SSSR count). The van der Waals surface area contributed by atoms with Gasteiger partial charge in [0.2, 0.25) is 10.0 Å². The highest BCUT2D eigenvalue weighted by atomic mass is 32.2. The molecule has 1 aliphatic heterocycles. The molecular weight excluding hydrogens is 472 g/mol. The van der Waals surface area contributed by atoms with Gasteiger partial charge in [-0.25, -0.2) is 17.2 Å².